The maximum absolute atomic E-state index is 12.3. The summed E-state index contributed by atoms with van der Waals surface area (Å²) in [5.74, 6) is -0.0640. The molecule has 1 saturated heterocycles. The van der Waals surface area contributed by atoms with Crippen molar-refractivity contribution in [2.75, 3.05) is 6.61 Å². The highest BCUT2D eigenvalue weighted by Gasteiger charge is 2.81. The topological polar surface area (TPSA) is 55.8 Å². The van der Waals surface area contributed by atoms with Crippen LogP contribution in [0.15, 0.2) is 30.3 Å². The van der Waals surface area contributed by atoms with Crippen molar-refractivity contribution in [3.63, 3.8) is 0 Å². The highest BCUT2D eigenvalue weighted by Crippen LogP contribution is 2.69. The van der Waals surface area contributed by atoms with E-state index in [1.807, 2.05) is 30.3 Å². The first-order valence-corrected chi connectivity index (χ1v) is 7.23. The Balaban J connectivity index is 1.63. The highest BCUT2D eigenvalue weighted by atomic mass is 16.6. The van der Waals surface area contributed by atoms with Gasteiger partial charge >= 0.3 is 5.97 Å². The third kappa shape index (κ3) is 1.26. The molecule has 4 nitrogen and oxygen atoms in total. The number of carbonyl (C=O) groups is 1. The second kappa shape index (κ2) is 4.06. The first kappa shape index (κ1) is 12.4. The van der Waals surface area contributed by atoms with E-state index in [-0.39, 0.29) is 24.6 Å². The zero-order valence-corrected chi connectivity index (χ0v) is 11.2. The van der Waals surface area contributed by atoms with E-state index in [1.165, 1.54) is 0 Å². The van der Waals surface area contributed by atoms with Crippen LogP contribution in [0.1, 0.15) is 24.8 Å². The van der Waals surface area contributed by atoms with E-state index in [1.54, 1.807) is 0 Å². The van der Waals surface area contributed by atoms with Crippen LogP contribution in [0.25, 0.3) is 0 Å². The molecule has 4 fully saturated rings. The lowest BCUT2D eigenvalue weighted by Gasteiger charge is -2.60. The molecule has 1 N–H and O–H groups in total. The van der Waals surface area contributed by atoms with Crippen molar-refractivity contribution in [3.05, 3.63) is 35.9 Å². The molecule has 4 bridgehead atoms. The summed E-state index contributed by atoms with van der Waals surface area (Å²) in [5, 5.41) is 9.84. The van der Waals surface area contributed by atoms with Gasteiger partial charge in [0.25, 0.3) is 0 Å². The number of benzene rings is 1. The number of hydrogen-bond acceptors (Lipinski definition) is 4. The van der Waals surface area contributed by atoms with Crippen molar-refractivity contribution in [1.29, 1.82) is 0 Å². The first-order valence-electron chi connectivity index (χ1n) is 7.23. The van der Waals surface area contributed by atoms with Gasteiger partial charge in [0, 0.05) is 5.92 Å². The number of fused-ring (bicyclic) bond motifs is 1. The Labute approximate surface area is 117 Å². The lowest BCUT2D eigenvalue weighted by molar-refractivity contribution is -0.259. The summed E-state index contributed by atoms with van der Waals surface area (Å²) in [6.07, 6.45) is 2.48. The van der Waals surface area contributed by atoms with E-state index in [2.05, 4.69) is 0 Å². The number of hydrogen-bond donors (Lipinski definition) is 1. The zero-order chi connectivity index (χ0) is 13.8. The molecule has 1 aliphatic heterocycles. The molecule has 0 spiro atoms. The summed E-state index contributed by atoms with van der Waals surface area (Å²) < 4.78 is 11.6. The lowest BCUT2D eigenvalue weighted by atomic mass is 9.44. The number of esters is 1. The Morgan fingerprint density at radius 3 is 2.85 bits per heavy atom. The number of aliphatic hydroxyl groups excluding tert-OH is 1. The van der Waals surface area contributed by atoms with E-state index < -0.39 is 11.0 Å². The fraction of sp³-hybridized carbons (Fsp3) is 0.562. The van der Waals surface area contributed by atoms with Crippen LogP contribution in [0.4, 0.5) is 0 Å². The predicted molar refractivity (Wildman–Crippen MR) is 70.7 cm³/mol. The van der Waals surface area contributed by atoms with Crippen LogP contribution in [0.2, 0.25) is 0 Å². The molecular weight excluding hydrogens is 256 g/mol. The molecule has 20 heavy (non-hydrogen) atoms. The molecule has 5 rings (SSSR count). The van der Waals surface area contributed by atoms with E-state index in [0.717, 1.165) is 24.8 Å². The van der Waals surface area contributed by atoms with Crippen molar-refractivity contribution < 1.29 is 19.4 Å². The van der Waals surface area contributed by atoms with Gasteiger partial charge in [-0.05, 0) is 24.8 Å². The van der Waals surface area contributed by atoms with Crippen molar-refractivity contribution >= 4 is 5.97 Å². The van der Waals surface area contributed by atoms with Gasteiger partial charge in [-0.1, -0.05) is 30.3 Å². The van der Waals surface area contributed by atoms with Crippen LogP contribution >= 0.6 is 0 Å². The lowest BCUT2D eigenvalue weighted by Crippen LogP contribution is -2.72. The summed E-state index contributed by atoms with van der Waals surface area (Å²) in [6.45, 7) is 0.357. The Morgan fingerprint density at radius 1 is 1.30 bits per heavy atom. The normalized spacial score (nSPS) is 41.1. The molecule has 1 heterocycles. The first-order chi connectivity index (χ1) is 9.73. The SMILES string of the molecule is O=C1O[C@@H]2CC[C@H]3C[C@]2(CO)[C@@]13OCc1ccccc1. The second-order valence-electron chi connectivity index (χ2n) is 6.20. The van der Waals surface area contributed by atoms with Crippen LogP contribution in [0, 0.1) is 11.3 Å². The molecule has 1 aromatic carbocycles. The predicted octanol–water partition coefficient (Wildman–Crippen LogP) is 1.66. The van der Waals surface area contributed by atoms with Gasteiger partial charge in [-0.25, -0.2) is 4.79 Å². The van der Waals surface area contributed by atoms with Gasteiger partial charge in [0.1, 0.15) is 6.10 Å². The smallest absolute Gasteiger partial charge is 0.339 e. The van der Waals surface area contributed by atoms with E-state index >= 15 is 0 Å². The van der Waals surface area contributed by atoms with Gasteiger partial charge < -0.3 is 14.6 Å². The molecule has 0 radical (unpaired) electrons. The van der Waals surface area contributed by atoms with Crippen LogP contribution in [-0.4, -0.2) is 29.4 Å². The molecule has 3 aliphatic carbocycles. The van der Waals surface area contributed by atoms with Gasteiger partial charge in [0.15, 0.2) is 5.60 Å². The summed E-state index contributed by atoms with van der Waals surface area (Å²) in [4.78, 5) is 12.3. The van der Waals surface area contributed by atoms with E-state index in [9.17, 15) is 9.90 Å². The summed E-state index contributed by atoms with van der Waals surface area (Å²) >= 11 is 0. The van der Waals surface area contributed by atoms with Gasteiger partial charge in [-0.3, -0.25) is 0 Å². The fourth-order valence-corrected chi connectivity index (χ4v) is 4.45. The molecule has 0 amide bonds. The van der Waals surface area contributed by atoms with Crippen LogP contribution < -0.4 is 0 Å². The standard InChI is InChI=1S/C16H18O4/c17-10-15-8-12-6-7-13(15)20-14(18)16(12,15)19-9-11-4-2-1-3-5-11/h1-5,12-13,17H,6-10H2/t12-,13+,15+,16-/m0/s1. The minimum Gasteiger partial charge on any atom is -0.459 e. The molecule has 0 aromatic heterocycles. The maximum Gasteiger partial charge on any atom is 0.339 e. The Hall–Kier alpha value is -1.39. The molecule has 4 atom stereocenters. The van der Waals surface area contributed by atoms with Crippen molar-refractivity contribution in [1.82, 2.24) is 0 Å². The molecular formula is C16H18O4. The maximum atomic E-state index is 12.3. The highest BCUT2D eigenvalue weighted by molar-refractivity contribution is 5.86. The third-order valence-corrected chi connectivity index (χ3v) is 5.46. The Morgan fingerprint density at radius 2 is 2.10 bits per heavy atom. The third-order valence-electron chi connectivity index (χ3n) is 5.46. The quantitative estimate of drug-likeness (QED) is 0.848. The molecule has 106 valence electrons. The van der Waals surface area contributed by atoms with Crippen LogP contribution in [0.5, 0.6) is 0 Å². The molecule has 4 heteroatoms. The zero-order valence-electron chi connectivity index (χ0n) is 11.2. The van der Waals surface area contributed by atoms with Crippen molar-refractivity contribution in [3.8, 4) is 0 Å². The average Bonchev–Trinajstić information content (AvgIpc) is 2.57. The van der Waals surface area contributed by atoms with Gasteiger partial charge in [0.2, 0.25) is 0 Å². The summed E-state index contributed by atoms with van der Waals surface area (Å²) in [5.41, 5.74) is -0.362. The Bertz CT molecular complexity index is 543. The molecule has 0 unspecified atom stereocenters. The van der Waals surface area contributed by atoms with Crippen LogP contribution in [-0.2, 0) is 20.9 Å². The van der Waals surface area contributed by atoms with Crippen molar-refractivity contribution in [2.45, 2.75) is 37.6 Å². The number of ether oxygens (including phenoxy) is 2. The molecule has 4 aliphatic rings. The minimum absolute atomic E-state index is 0.0330. The molecule has 1 aromatic rings. The van der Waals surface area contributed by atoms with Crippen LogP contribution in [0.3, 0.4) is 0 Å². The van der Waals surface area contributed by atoms with Gasteiger partial charge in [-0.2, -0.15) is 0 Å². The monoisotopic (exact) mass is 274 g/mol. The Kier molecular flexibility index (Phi) is 2.51. The number of carbonyl (C=O) groups excluding carboxylic acids is 1. The molecule has 3 saturated carbocycles. The summed E-state index contributed by atoms with van der Waals surface area (Å²) in [7, 11) is 0. The van der Waals surface area contributed by atoms with Gasteiger partial charge in [-0.15, -0.1) is 0 Å². The minimum atomic E-state index is -0.902. The fourth-order valence-electron chi connectivity index (χ4n) is 4.45. The average molecular weight is 274 g/mol. The van der Waals surface area contributed by atoms with E-state index in [0.29, 0.717) is 6.61 Å². The largest absolute Gasteiger partial charge is 0.459 e. The second-order valence-corrected chi connectivity index (χ2v) is 6.20. The number of aliphatic hydroxyl groups is 1. The number of rotatable bonds is 4. The van der Waals surface area contributed by atoms with Crippen molar-refractivity contribution in [2.24, 2.45) is 11.3 Å². The van der Waals surface area contributed by atoms with E-state index in [4.69, 9.17) is 9.47 Å². The summed E-state index contributed by atoms with van der Waals surface area (Å²) in [6, 6.07) is 9.82. The van der Waals surface area contributed by atoms with Gasteiger partial charge in [0.05, 0.1) is 18.6 Å².